The van der Waals surface area contributed by atoms with E-state index in [0.717, 1.165) is 33.4 Å². The average molecular weight is 444 g/mol. The lowest BCUT2D eigenvalue weighted by Gasteiger charge is -2.09. The van der Waals surface area contributed by atoms with Gasteiger partial charge in [-0.25, -0.2) is 19.2 Å². The van der Waals surface area contributed by atoms with Crippen molar-refractivity contribution < 1.29 is 27.5 Å². The molecule has 0 radical (unpaired) electrons. The zero-order valence-corrected chi connectivity index (χ0v) is 16.6. The number of halogens is 4. The number of para-hydroxylation sites is 1. The maximum Gasteiger partial charge on any atom is 0.490 e. The van der Waals surface area contributed by atoms with Crippen LogP contribution in [-0.4, -0.2) is 32.2 Å². The third-order valence-electron chi connectivity index (χ3n) is 4.18. The Morgan fingerprint density at radius 1 is 0.969 bits per heavy atom. The van der Waals surface area contributed by atoms with Crippen LogP contribution in [0.4, 0.5) is 29.2 Å². The monoisotopic (exact) mass is 444 g/mol. The summed E-state index contributed by atoms with van der Waals surface area (Å²) in [6.07, 6.45) is -1.46. The molecule has 6 nitrogen and oxygen atoms in total. The van der Waals surface area contributed by atoms with Crippen molar-refractivity contribution in [1.29, 1.82) is 0 Å². The van der Waals surface area contributed by atoms with Gasteiger partial charge in [0.1, 0.15) is 5.82 Å². The Labute approximate surface area is 179 Å². The highest BCUT2D eigenvalue weighted by molar-refractivity contribution is 5.93. The van der Waals surface area contributed by atoms with Gasteiger partial charge >= 0.3 is 12.1 Å². The van der Waals surface area contributed by atoms with Gasteiger partial charge < -0.3 is 10.4 Å². The van der Waals surface area contributed by atoms with Crippen LogP contribution in [0.25, 0.3) is 22.0 Å². The molecular formula is C22H16F4N4O2. The number of anilines is 2. The summed E-state index contributed by atoms with van der Waals surface area (Å²) in [7, 11) is 0. The van der Waals surface area contributed by atoms with Crippen molar-refractivity contribution in [2.45, 2.75) is 13.1 Å². The van der Waals surface area contributed by atoms with Crippen molar-refractivity contribution in [1.82, 2.24) is 15.0 Å². The molecule has 10 heteroatoms. The highest BCUT2D eigenvalue weighted by Crippen LogP contribution is 2.27. The summed E-state index contributed by atoms with van der Waals surface area (Å²) >= 11 is 0. The quantitative estimate of drug-likeness (QED) is 0.405. The summed E-state index contributed by atoms with van der Waals surface area (Å²) in [5.41, 5.74) is 4.54. The van der Waals surface area contributed by atoms with Crippen molar-refractivity contribution >= 4 is 28.5 Å². The molecule has 0 bridgehead atoms. The highest BCUT2D eigenvalue weighted by Gasteiger charge is 2.38. The van der Waals surface area contributed by atoms with E-state index in [2.05, 4.69) is 20.3 Å². The minimum absolute atomic E-state index is 0.279. The van der Waals surface area contributed by atoms with E-state index in [1.54, 1.807) is 18.3 Å². The maximum absolute atomic E-state index is 13.0. The smallest absolute Gasteiger partial charge is 0.475 e. The minimum Gasteiger partial charge on any atom is -0.475 e. The van der Waals surface area contributed by atoms with Crippen LogP contribution < -0.4 is 5.32 Å². The summed E-state index contributed by atoms with van der Waals surface area (Å²) in [6.45, 7) is 1.96. The van der Waals surface area contributed by atoms with Crippen LogP contribution in [0.3, 0.4) is 0 Å². The van der Waals surface area contributed by atoms with Crippen LogP contribution in [0.15, 0.2) is 67.0 Å². The van der Waals surface area contributed by atoms with Gasteiger partial charge in [-0.3, -0.25) is 4.98 Å². The molecule has 2 aromatic carbocycles. The molecule has 0 aliphatic heterocycles. The summed E-state index contributed by atoms with van der Waals surface area (Å²) < 4.78 is 44.8. The number of carboxylic acids is 1. The number of carbonyl (C=O) groups is 1. The first-order valence-corrected chi connectivity index (χ1v) is 9.15. The molecule has 2 aromatic heterocycles. The van der Waals surface area contributed by atoms with Crippen LogP contribution in [-0.2, 0) is 4.79 Å². The van der Waals surface area contributed by atoms with Crippen molar-refractivity contribution in [3.8, 4) is 11.1 Å². The maximum atomic E-state index is 13.0. The van der Waals surface area contributed by atoms with Crippen molar-refractivity contribution in [2.75, 3.05) is 5.32 Å². The number of aryl methyl sites for hydroxylation is 1. The Morgan fingerprint density at radius 3 is 2.25 bits per heavy atom. The number of alkyl halides is 3. The Hall–Kier alpha value is -4.08. The van der Waals surface area contributed by atoms with Gasteiger partial charge in [0.05, 0.1) is 5.52 Å². The minimum atomic E-state index is -5.08. The topological polar surface area (TPSA) is 88.0 Å². The van der Waals surface area contributed by atoms with Crippen LogP contribution >= 0.6 is 0 Å². The molecule has 32 heavy (non-hydrogen) atoms. The second-order valence-electron chi connectivity index (χ2n) is 6.56. The molecule has 0 aliphatic rings. The molecular weight excluding hydrogens is 428 g/mol. The van der Waals surface area contributed by atoms with Gasteiger partial charge in [-0.1, -0.05) is 24.3 Å². The number of hydrogen-bond acceptors (Lipinski definition) is 5. The van der Waals surface area contributed by atoms with Gasteiger partial charge in [-0.15, -0.1) is 0 Å². The van der Waals surface area contributed by atoms with Crippen LogP contribution in [0.1, 0.15) is 5.69 Å². The number of nitrogens with zero attached hydrogens (tertiary/aromatic N) is 3. The third-order valence-corrected chi connectivity index (χ3v) is 4.18. The van der Waals surface area contributed by atoms with E-state index in [-0.39, 0.29) is 5.82 Å². The number of fused-ring (bicyclic) bond motifs is 1. The van der Waals surface area contributed by atoms with E-state index in [1.165, 1.54) is 12.1 Å². The van der Waals surface area contributed by atoms with Gasteiger partial charge in [0, 0.05) is 40.3 Å². The van der Waals surface area contributed by atoms with E-state index >= 15 is 0 Å². The molecule has 0 fully saturated rings. The number of carboxylic acid groups (broad SMARTS) is 1. The Morgan fingerprint density at radius 2 is 1.66 bits per heavy atom. The zero-order valence-electron chi connectivity index (χ0n) is 16.6. The van der Waals surface area contributed by atoms with Crippen LogP contribution in [0.5, 0.6) is 0 Å². The molecule has 0 atom stereocenters. The van der Waals surface area contributed by atoms with Gasteiger partial charge in [-0.2, -0.15) is 13.2 Å². The summed E-state index contributed by atoms with van der Waals surface area (Å²) in [5, 5.41) is 11.2. The zero-order chi connectivity index (χ0) is 23.3. The van der Waals surface area contributed by atoms with Crippen molar-refractivity contribution in [3.63, 3.8) is 0 Å². The number of nitrogens with one attached hydrogen (secondary N) is 1. The summed E-state index contributed by atoms with van der Waals surface area (Å²) in [4.78, 5) is 22.3. The highest BCUT2D eigenvalue weighted by atomic mass is 19.4. The van der Waals surface area contributed by atoms with E-state index in [1.807, 2.05) is 43.5 Å². The number of aliphatic carboxylic acids is 1. The van der Waals surface area contributed by atoms with E-state index < -0.39 is 12.1 Å². The number of pyridine rings is 1. The first-order valence-electron chi connectivity index (χ1n) is 9.15. The predicted molar refractivity (Wildman–Crippen MR) is 111 cm³/mol. The Bertz CT molecular complexity index is 1230. The lowest BCUT2D eigenvalue weighted by molar-refractivity contribution is -0.192. The third kappa shape index (κ3) is 5.75. The number of hydrogen-bond donors (Lipinski definition) is 2. The molecule has 0 aliphatic carbocycles. The van der Waals surface area contributed by atoms with Gasteiger partial charge in [0.25, 0.3) is 0 Å². The van der Waals surface area contributed by atoms with Gasteiger partial charge in [-0.05, 0) is 37.3 Å². The normalized spacial score (nSPS) is 10.9. The largest absolute Gasteiger partial charge is 0.490 e. The second kappa shape index (κ2) is 9.38. The molecule has 2 heterocycles. The molecule has 0 amide bonds. The van der Waals surface area contributed by atoms with Crippen molar-refractivity contribution in [2.24, 2.45) is 0 Å². The molecule has 0 spiro atoms. The van der Waals surface area contributed by atoms with Crippen LogP contribution in [0, 0.1) is 12.7 Å². The number of rotatable bonds is 3. The molecule has 164 valence electrons. The fourth-order valence-corrected chi connectivity index (χ4v) is 2.64. The summed E-state index contributed by atoms with van der Waals surface area (Å²) in [6, 6.07) is 16.1. The summed E-state index contributed by atoms with van der Waals surface area (Å²) in [5.74, 6) is -2.57. The predicted octanol–water partition coefficient (Wildman–Crippen LogP) is 5.52. The SMILES string of the molecule is Cc1ccc(-c2cccc3cnc(Nc4ccc(F)cc4)nc23)cn1.O=C(O)C(F)(F)F. The molecule has 0 saturated heterocycles. The molecule has 0 unspecified atom stereocenters. The number of benzene rings is 2. The first-order chi connectivity index (χ1) is 15.1. The van der Waals surface area contributed by atoms with E-state index in [4.69, 9.17) is 9.90 Å². The lowest BCUT2D eigenvalue weighted by Crippen LogP contribution is -2.21. The molecule has 4 aromatic rings. The van der Waals surface area contributed by atoms with Gasteiger partial charge in [0.15, 0.2) is 0 Å². The van der Waals surface area contributed by atoms with E-state index in [0.29, 0.717) is 5.95 Å². The van der Waals surface area contributed by atoms with Gasteiger partial charge in [0.2, 0.25) is 5.95 Å². The molecule has 0 saturated carbocycles. The van der Waals surface area contributed by atoms with E-state index in [9.17, 15) is 17.6 Å². The van der Waals surface area contributed by atoms with Crippen molar-refractivity contribution in [3.05, 3.63) is 78.5 Å². The fraction of sp³-hybridized carbons (Fsp3) is 0.0909. The lowest BCUT2D eigenvalue weighted by atomic mass is 10.0. The molecule has 4 rings (SSSR count). The standard InChI is InChI=1S/C20H15FN4.C2HF3O2/c1-13-5-6-14(11-22-13)18-4-2-3-15-12-23-20(25-19(15)18)24-17-9-7-16(21)8-10-17;3-2(4,5)1(6)7/h2-12H,1H3,(H,23,24,25);(H,6,7). The molecule has 2 N–H and O–H groups in total. The fourth-order valence-electron chi connectivity index (χ4n) is 2.64. The average Bonchev–Trinajstić information content (AvgIpc) is 2.75. The first kappa shape index (κ1) is 22.6. The Kier molecular flexibility index (Phi) is 6.62. The number of aromatic nitrogens is 3. The Balaban J connectivity index is 0.000000360. The second-order valence-corrected chi connectivity index (χ2v) is 6.56. The van der Waals surface area contributed by atoms with Crippen LogP contribution in [0.2, 0.25) is 0 Å².